The lowest BCUT2D eigenvalue weighted by molar-refractivity contribution is -0.142. The predicted octanol–water partition coefficient (Wildman–Crippen LogP) is -4.05. The summed E-state index contributed by atoms with van der Waals surface area (Å²) >= 11 is 0. The highest BCUT2D eigenvalue weighted by molar-refractivity contribution is 8.76. The topological polar surface area (TPSA) is 400 Å². The lowest BCUT2D eigenvalue weighted by Crippen LogP contribution is -2.61. The van der Waals surface area contributed by atoms with Gasteiger partial charge in [0.25, 0.3) is 0 Å². The second kappa shape index (κ2) is 27.9. The molecule has 0 bridgehead atoms. The Hall–Kier alpha value is -6.93. The van der Waals surface area contributed by atoms with E-state index in [0.717, 1.165) is 21.6 Å². The van der Waals surface area contributed by atoms with Gasteiger partial charge in [0.1, 0.15) is 48.0 Å². The standard InChI is InChI=1S/C44H60N12O12S2/c45-16-14-28(38(62)49-22-36(48)60)52-43(67)33-7-4-17-56(33)44(68)32-23-70-69-18-15-37(61)50-29(20-25-8-10-26(57)11-9-25)40(64)53-30(19-24-5-2-1-3-6-24)41(65)51-27(12-13-34(46)58)39(63)54-31(21-35(47)59)42(66)55-32/h1-3,5-6,8-11,27-33,57H,4,7,12-23,45H2,(H2,46,58)(H2,47,59)(H2,48,60)(H,49,62)(H,50,61)(H,51,65)(H,52,67)(H,53,64)(H,54,63)(H,55,66)/t27-,28-,29-,30-,31-,32-,33-/m0/s1. The van der Waals surface area contributed by atoms with Gasteiger partial charge in [-0.15, -0.1) is 0 Å². The Balaban J connectivity index is 1.69. The molecule has 0 radical (unpaired) electrons. The monoisotopic (exact) mass is 1010 g/mol. The third-order valence-electron chi connectivity index (χ3n) is 11.0. The summed E-state index contributed by atoms with van der Waals surface area (Å²) in [4.78, 5) is 148. The van der Waals surface area contributed by atoms with Gasteiger partial charge in [0.2, 0.25) is 65.0 Å². The van der Waals surface area contributed by atoms with Crippen LogP contribution in [0.15, 0.2) is 54.6 Å². The zero-order valence-electron chi connectivity index (χ0n) is 38.1. The second-order valence-electron chi connectivity index (χ2n) is 16.5. The van der Waals surface area contributed by atoms with Crippen molar-refractivity contribution >= 4 is 86.6 Å². The number of nitrogens with zero attached hydrogens (tertiary/aromatic N) is 1. The molecule has 2 aromatic carbocycles. The van der Waals surface area contributed by atoms with Crippen LogP contribution in [0.4, 0.5) is 0 Å². The van der Waals surface area contributed by atoms with Crippen LogP contribution in [0.3, 0.4) is 0 Å². The van der Waals surface area contributed by atoms with E-state index in [4.69, 9.17) is 22.9 Å². The van der Waals surface area contributed by atoms with Crippen molar-refractivity contribution in [3.05, 3.63) is 65.7 Å². The van der Waals surface area contributed by atoms with Crippen molar-refractivity contribution in [2.24, 2.45) is 22.9 Å². The van der Waals surface area contributed by atoms with Crippen molar-refractivity contribution in [3.63, 3.8) is 0 Å². The first-order chi connectivity index (χ1) is 33.3. The number of phenolic OH excluding ortho intramolecular Hbond substituents is 1. The van der Waals surface area contributed by atoms with Crippen LogP contribution in [-0.4, -0.2) is 148 Å². The molecule has 2 aliphatic heterocycles. The average molecular weight is 1010 g/mol. The number of phenols is 1. The minimum atomic E-state index is -1.76. The Labute approximate surface area is 410 Å². The summed E-state index contributed by atoms with van der Waals surface area (Å²) in [6, 6.07) is 4.67. The van der Waals surface area contributed by atoms with Crippen molar-refractivity contribution in [1.29, 1.82) is 0 Å². The van der Waals surface area contributed by atoms with Gasteiger partial charge in [-0.1, -0.05) is 64.1 Å². The predicted molar refractivity (Wildman–Crippen MR) is 256 cm³/mol. The molecule has 2 aromatic rings. The average Bonchev–Trinajstić information content (AvgIpc) is 3.81. The molecule has 4 rings (SSSR count). The molecule has 7 atom stereocenters. The molecule has 26 heteroatoms. The van der Waals surface area contributed by atoms with Crippen LogP contribution in [0.5, 0.6) is 5.75 Å². The first-order valence-electron chi connectivity index (χ1n) is 22.4. The lowest BCUT2D eigenvalue weighted by Gasteiger charge is -2.30. The molecule has 0 aliphatic carbocycles. The van der Waals surface area contributed by atoms with Crippen LogP contribution in [-0.2, 0) is 65.6 Å². The number of hydrogen-bond acceptors (Lipinski definition) is 15. The zero-order valence-corrected chi connectivity index (χ0v) is 39.8. The van der Waals surface area contributed by atoms with Crippen molar-refractivity contribution < 1.29 is 57.8 Å². The lowest BCUT2D eigenvalue weighted by atomic mass is 10.0. The fraction of sp³-hybridized carbons (Fsp3) is 0.477. The van der Waals surface area contributed by atoms with E-state index in [1.54, 1.807) is 42.5 Å². The van der Waals surface area contributed by atoms with Gasteiger partial charge in [-0.2, -0.15) is 0 Å². The third kappa shape index (κ3) is 18.2. The van der Waals surface area contributed by atoms with Crippen molar-refractivity contribution in [3.8, 4) is 5.75 Å². The Kier molecular flexibility index (Phi) is 22.2. The van der Waals surface area contributed by atoms with Crippen LogP contribution < -0.4 is 60.2 Å². The Morgan fingerprint density at radius 2 is 1.33 bits per heavy atom. The molecule has 0 spiro atoms. The number of nitrogens with one attached hydrogen (secondary N) is 7. The van der Waals surface area contributed by atoms with Gasteiger partial charge < -0.3 is 70.2 Å². The molecule has 0 saturated carbocycles. The number of carbonyl (C=O) groups excluding carboxylic acids is 11. The van der Waals surface area contributed by atoms with Crippen LogP contribution >= 0.6 is 21.6 Å². The Bertz CT molecular complexity index is 2220. The van der Waals surface area contributed by atoms with E-state index >= 15 is 0 Å². The maximum absolute atomic E-state index is 14.4. The van der Waals surface area contributed by atoms with Crippen molar-refractivity contribution in [2.75, 3.05) is 31.1 Å². The number of likely N-dealkylation sites (tertiary alicyclic amines) is 1. The summed E-state index contributed by atoms with van der Waals surface area (Å²) in [5.41, 5.74) is 22.9. The molecule has 0 aromatic heterocycles. The van der Waals surface area contributed by atoms with Gasteiger partial charge in [-0.05, 0) is 55.5 Å². The number of hydrogen-bond donors (Lipinski definition) is 12. The molecule has 70 heavy (non-hydrogen) atoms. The van der Waals surface area contributed by atoms with Gasteiger partial charge >= 0.3 is 0 Å². The molecule has 11 amide bonds. The van der Waals surface area contributed by atoms with Crippen LogP contribution in [0.25, 0.3) is 0 Å². The fourth-order valence-electron chi connectivity index (χ4n) is 7.45. The Morgan fingerprint density at radius 1 is 0.729 bits per heavy atom. The quantitative estimate of drug-likeness (QED) is 0.0672. The van der Waals surface area contributed by atoms with Gasteiger partial charge in [0.15, 0.2) is 0 Å². The summed E-state index contributed by atoms with van der Waals surface area (Å²) in [6.45, 7) is -0.485. The smallest absolute Gasteiger partial charge is 0.246 e. The number of aromatic hydroxyl groups is 1. The first-order valence-corrected chi connectivity index (χ1v) is 24.8. The molecule has 2 aliphatic rings. The minimum Gasteiger partial charge on any atom is -0.508 e. The summed E-state index contributed by atoms with van der Waals surface area (Å²) in [5, 5.41) is 27.7. The Morgan fingerprint density at radius 3 is 1.96 bits per heavy atom. The van der Waals surface area contributed by atoms with Crippen LogP contribution in [0, 0.1) is 0 Å². The van der Waals surface area contributed by atoms with E-state index in [0.29, 0.717) is 17.5 Å². The summed E-state index contributed by atoms with van der Waals surface area (Å²) in [6.07, 6.45) is -1.50. The highest BCUT2D eigenvalue weighted by atomic mass is 33.1. The largest absolute Gasteiger partial charge is 0.508 e. The maximum atomic E-state index is 14.4. The molecule has 24 nitrogen and oxygen atoms in total. The van der Waals surface area contributed by atoms with Gasteiger partial charge in [0.05, 0.1) is 13.0 Å². The van der Waals surface area contributed by atoms with E-state index < -0.39 is 133 Å². The second-order valence-corrected chi connectivity index (χ2v) is 19.1. The molecule has 380 valence electrons. The molecule has 2 heterocycles. The van der Waals surface area contributed by atoms with E-state index in [2.05, 4.69) is 37.2 Å². The molecule has 2 saturated heterocycles. The molecule has 2 fully saturated rings. The number of carbonyl (C=O) groups is 11. The number of amides is 11. The molecule has 16 N–H and O–H groups in total. The SMILES string of the molecule is NCC[C@H](NC(=O)[C@@H]1CCCN1C(=O)[C@@H]1CSSCCC(=O)N[C@@H](Cc2ccc(O)cc2)C(=O)N[C@@H](Cc2ccccc2)C(=O)N[C@@H](CCC(N)=O)C(=O)N[C@@H](CC(N)=O)C(=O)N1)C(=O)NCC(N)=O. The van der Waals surface area contributed by atoms with Crippen LogP contribution in [0.1, 0.15) is 56.1 Å². The van der Waals surface area contributed by atoms with Gasteiger partial charge in [-0.3, -0.25) is 52.7 Å². The van der Waals surface area contributed by atoms with Crippen LogP contribution in [0.2, 0.25) is 0 Å². The third-order valence-corrected chi connectivity index (χ3v) is 13.4. The minimum absolute atomic E-state index is 0.0256. The maximum Gasteiger partial charge on any atom is 0.246 e. The van der Waals surface area contributed by atoms with E-state index in [1.165, 1.54) is 17.0 Å². The summed E-state index contributed by atoms with van der Waals surface area (Å²) in [5.74, 6) is -9.41. The van der Waals surface area contributed by atoms with E-state index in [-0.39, 0.29) is 62.4 Å². The first kappa shape index (κ1) is 55.7. The summed E-state index contributed by atoms with van der Waals surface area (Å²) in [7, 11) is 2.20. The van der Waals surface area contributed by atoms with Crippen molar-refractivity contribution in [1.82, 2.24) is 42.1 Å². The number of nitrogens with two attached hydrogens (primary N) is 4. The van der Waals surface area contributed by atoms with E-state index in [9.17, 15) is 57.8 Å². The molecular formula is C44H60N12O12S2. The van der Waals surface area contributed by atoms with E-state index in [1.807, 2.05) is 0 Å². The van der Waals surface area contributed by atoms with Crippen molar-refractivity contribution in [2.45, 2.75) is 100 Å². The number of primary amides is 3. The van der Waals surface area contributed by atoms with Gasteiger partial charge in [-0.25, -0.2) is 0 Å². The molecular weight excluding hydrogens is 953 g/mol. The molecule has 0 unspecified atom stereocenters. The zero-order chi connectivity index (χ0) is 51.3. The fourth-order valence-corrected chi connectivity index (χ4v) is 9.59. The normalized spacial score (nSPS) is 22.4. The summed E-state index contributed by atoms with van der Waals surface area (Å²) < 4.78 is 0. The number of rotatable bonds is 17. The number of benzene rings is 2. The van der Waals surface area contributed by atoms with Gasteiger partial charge in [0, 0.05) is 43.7 Å². The highest BCUT2D eigenvalue weighted by Gasteiger charge is 2.40. The highest BCUT2D eigenvalue weighted by Crippen LogP contribution is 2.26.